The largest absolute Gasteiger partial charge is 0.414 e. The van der Waals surface area contributed by atoms with Crippen LogP contribution in [0.2, 0.25) is 36.3 Å². The topological polar surface area (TPSA) is 47.9 Å². The smallest absolute Gasteiger partial charge is 0.192 e. The van der Waals surface area contributed by atoms with Gasteiger partial charge in [-0.05, 0) is 56.0 Å². The van der Waals surface area contributed by atoms with Crippen molar-refractivity contribution in [1.82, 2.24) is 0 Å². The van der Waals surface area contributed by atoms with Gasteiger partial charge in [0.05, 0.1) is 24.9 Å². The van der Waals surface area contributed by atoms with E-state index in [1.165, 1.54) is 0 Å². The number of aliphatic hydroxyl groups excluding tert-OH is 1. The number of aliphatic hydroxyl groups is 1. The first-order valence-corrected chi connectivity index (χ1v) is 15.9. The third-order valence-corrected chi connectivity index (χ3v) is 15.9. The van der Waals surface area contributed by atoms with Gasteiger partial charge in [0, 0.05) is 0 Å². The van der Waals surface area contributed by atoms with Gasteiger partial charge in [0.2, 0.25) is 0 Å². The van der Waals surface area contributed by atoms with E-state index in [1.54, 1.807) is 0 Å². The van der Waals surface area contributed by atoms with Gasteiger partial charge in [-0.15, -0.1) is 0 Å². The molecular formula is C20H44O4Si2. The number of ether oxygens (including phenoxy) is 1. The van der Waals surface area contributed by atoms with Crippen LogP contribution in [-0.4, -0.2) is 52.8 Å². The summed E-state index contributed by atoms with van der Waals surface area (Å²) in [4.78, 5) is 0. The summed E-state index contributed by atoms with van der Waals surface area (Å²) in [7, 11) is -3.63. The quantitative estimate of drug-likeness (QED) is 0.583. The summed E-state index contributed by atoms with van der Waals surface area (Å²) < 4.78 is 18.8. The van der Waals surface area contributed by atoms with E-state index in [0.717, 1.165) is 12.8 Å². The van der Waals surface area contributed by atoms with Crippen molar-refractivity contribution >= 4 is 16.6 Å². The van der Waals surface area contributed by atoms with Gasteiger partial charge in [-0.25, -0.2) is 0 Å². The van der Waals surface area contributed by atoms with Gasteiger partial charge in [-0.2, -0.15) is 0 Å². The Kier molecular flexibility index (Phi) is 7.44. The van der Waals surface area contributed by atoms with Crippen LogP contribution in [0.1, 0.15) is 61.3 Å². The van der Waals surface area contributed by atoms with Crippen molar-refractivity contribution in [2.45, 2.75) is 115 Å². The van der Waals surface area contributed by atoms with E-state index >= 15 is 0 Å². The lowest BCUT2D eigenvalue weighted by Crippen LogP contribution is -2.48. The molecule has 0 saturated carbocycles. The third-order valence-electron chi connectivity index (χ3n) is 6.95. The lowest BCUT2D eigenvalue weighted by molar-refractivity contribution is -0.123. The Balaban J connectivity index is 2.57. The minimum Gasteiger partial charge on any atom is -0.414 e. The molecule has 1 N–H and O–H groups in total. The molecule has 1 aliphatic heterocycles. The van der Waals surface area contributed by atoms with Crippen LogP contribution in [0.3, 0.4) is 0 Å². The molecule has 0 amide bonds. The molecule has 1 fully saturated rings. The Morgan fingerprint density at radius 1 is 1.00 bits per heavy atom. The van der Waals surface area contributed by atoms with E-state index in [4.69, 9.17) is 13.6 Å². The predicted octanol–water partition coefficient (Wildman–Crippen LogP) is 5.33. The van der Waals surface area contributed by atoms with Crippen molar-refractivity contribution in [3.05, 3.63) is 0 Å². The molecule has 1 heterocycles. The van der Waals surface area contributed by atoms with Crippen LogP contribution in [0.25, 0.3) is 0 Å². The molecule has 156 valence electrons. The summed E-state index contributed by atoms with van der Waals surface area (Å²) in [6.45, 7) is 25.4. The Bertz CT molecular complexity index is 465. The van der Waals surface area contributed by atoms with E-state index in [0.29, 0.717) is 13.2 Å². The first kappa shape index (κ1) is 24.3. The maximum absolute atomic E-state index is 10.8. The van der Waals surface area contributed by atoms with E-state index < -0.39 is 28.3 Å². The first-order valence-electron chi connectivity index (χ1n) is 10.1. The lowest BCUT2D eigenvalue weighted by Gasteiger charge is -2.39. The summed E-state index contributed by atoms with van der Waals surface area (Å²) in [5.74, 6) is 0. The molecule has 1 rings (SSSR count). The first-order chi connectivity index (χ1) is 11.4. The molecule has 1 aliphatic rings. The molecule has 4 nitrogen and oxygen atoms in total. The molecule has 0 aromatic carbocycles. The van der Waals surface area contributed by atoms with Crippen molar-refractivity contribution in [2.75, 3.05) is 13.2 Å². The average Bonchev–Trinajstić information content (AvgIpc) is 2.83. The zero-order valence-corrected chi connectivity index (χ0v) is 21.2. The van der Waals surface area contributed by atoms with Gasteiger partial charge in [-0.3, -0.25) is 0 Å². The molecule has 1 saturated heterocycles. The molecule has 0 aromatic rings. The molecule has 0 bridgehead atoms. The van der Waals surface area contributed by atoms with Crippen LogP contribution in [0, 0.1) is 0 Å². The van der Waals surface area contributed by atoms with Crippen LogP contribution in [0.4, 0.5) is 0 Å². The van der Waals surface area contributed by atoms with Gasteiger partial charge in [0.1, 0.15) is 6.10 Å². The van der Waals surface area contributed by atoms with Crippen molar-refractivity contribution < 1.29 is 18.7 Å². The van der Waals surface area contributed by atoms with E-state index in [2.05, 4.69) is 67.7 Å². The summed E-state index contributed by atoms with van der Waals surface area (Å²) in [5, 5.41) is 11.1. The van der Waals surface area contributed by atoms with Gasteiger partial charge in [0.25, 0.3) is 0 Å². The monoisotopic (exact) mass is 404 g/mol. The molecule has 0 aromatic heterocycles. The maximum Gasteiger partial charge on any atom is 0.192 e. The van der Waals surface area contributed by atoms with E-state index in [1.807, 2.05) is 6.92 Å². The van der Waals surface area contributed by atoms with Crippen LogP contribution in [0.15, 0.2) is 0 Å². The highest BCUT2D eigenvalue weighted by Crippen LogP contribution is 2.40. The van der Waals surface area contributed by atoms with Gasteiger partial charge in [0.15, 0.2) is 16.6 Å². The van der Waals surface area contributed by atoms with Crippen LogP contribution < -0.4 is 0 Å². The zero-order chi connectivity index (χ0) is 20.6. The van der Waals surface area contributed by atoms with Gasteiger partial charge in [-0.1, -0.05) is 41.5 Å². The lowest BCUT2D eigenvalue weighted by atomic mass is 9.96. The minimum atomic E-state index is -1.86. The maximum atomic E-state index is 10.8. The van der Waals surface area contributed by atoms with Crippen molar-refractivity contribution in [3.63, 3.8) is 0 Å². The zero-order valence-electron chi connectivity index (χ0n) is 19.2. The van der Waals surface area contributed by atoms with Crippen LogP contribution in [0.5, 0.6) is 0 Å². The highest BCUT2D eigenvalue weighted by Gasteiger charge is 2.45. The predicted molar refractivity (Wildman–Crippen MR) is 115 cm³/mol. The number of hydrogen-bond donors (Lipinski definition) is 1. The van der Waals surface area contributed by atoms with E-state index in [-0.39, 0.29) is 16.2 Å². The van der Waals surface area contributed by atoms with Crippen molar-refractivity contribution in [3.8, 4) is 0 Å². The molecule has 0 spiro atoms. The summed E-state index contributed by atoms with van der Waals surface area (Å²) in [6, 6.07) is 0. The third kappa shape index (κ3) is 5.88. The highest BCUT2D eigenvalue weighted by molar-refractivity contribution is 6.74. The molecule has 0 unspecified atom stereocenters. The Morgan fingerprint density at radius 2 is 1.46 bits per heavy atom. The molecule has 6 heteroatoms. The molecular weight excluding hydrogens is 360 g/mol. The second-order valence-corrected chi connectivity index (χ2v) is 20.9. The minimum absolute atomic E-state index is 0.0663. The Morgan fingerprint density at radius 3 is 1.92 bits per heavy atom. The second kappa shape index (κ2) is 7.95. The fraction of sp³-hybridized carbons (Fsp3) is 1.00. The SMILES string of the molecule is CC(C)(C)[Si](C)(C)OC[C@H]1CC[C@](C)([C@@H](O)CO[Si](C)(C)C(C)(C)C)O1. The average molecular weight is 405 g/mol. The fourth-order valence-corrected chi connectivity index (χ4v) is 4.55. The van der Waals surface area contributed by atoms with Crippen molar-refractivity contribution in [1.29, 1.82) is 0 Å². The second-order valence-electron chi connectivity index (χ2n) is 11.2. The molecule has 0 radical (unpaired) electrons. The van der Waals surface area contributed by atoms with Crippen LogP contribution >= 0.6 is 0 Å². The summed E-state index contributed by atoms with van der Waals surface area (Å²) in [5.41, 5.74) is -0.538. The summed E-state index contributed by atoms with van der Waals surface area (Å²) >= 11 is 0. The van der Waals surface area contributed by atoms with Gasteiger partial charge < -0.3 is 18.7 Å². The standard InChI is InChI=1S/C20H44O4Si2/c1-18(2,3)25(8,9)22-14-16-12-13-20(7,24-16)17(21)15-23-26(10,11)19(4,5)6/h16-17,21H,12-15H2,1-11H3/t16-,17+,20-/m1/s1. The normalized spacial score (nSPS) is 27.0. The van der Waals surface area contributed by atoms with Crippen molar-refractivity contribution in [2.24, 2.45) is 0 Å². The van der Waals surface area contributed by atoms with E-state index in [9.17, 15) is 5.11 Å². The molecule has 0 aliphatic carbocycles. The summed E-state index contributed by atoms with van der Waals surface area (Å²) in [6.07, 6.45) is 1.24. The number of hydrogen-bond acceptors (Lipinski definition) is 4. The Hall–Kier alpha value is 0.274. The molecule has 26 heavy (non-hydrogen) atoms. The number of rotatable bonds is 7. The van der Waals surface area contributed by atoms with Crippen LogP contribution in [-0.2, 0) is 13.6 Å². The fourth-order valence-electron chi connectivity index (χ4n) is 2.51. The van der Waals surface area contributed by atoms with Gasteiger partial charge >= 0.3 is 0 Å². The Labute approximate surface area is 164 Å². The molecule has 3 atom stereocenters. The highest BCUT2D eigenvalue weighted by atomic mass is 28.4.